The fourth-order valence-corrected chi connectivity index (χ4v) is 3.73. The van der Waals surface area contributed by atoms with Crippen LogP contribution in [-0.2, 0) is 37.3 Å². The van der Waals surface area contributed by atoms with E-state index in [-0.39, 0.29) is 18.9 Å². The Morgan fingerprint density at radius 3 is 2.31 bits per heavy atom. The summed E-state index contributed by atoms with van der Waals surface area (Å²) in [5.41, 5.74) is 1.46. The lowest BCUT2D eigenvalue weighted by molar-refractivity contribution is -0.141. The molecule has 8 nitrogen and oxygen atoms in total. The van der Waals surface area contributed by atoms with Crippen LogP contribution in [0.25, 0.3) is 0 Å². The van der Waals surface area contributed by atoms with Crippen LogP contribution in [0.15, 0.2) is 54.6 Å². The van der Waals surface area contributed by atoms with E-state index >= 15 is 0 Å². The standard InChI is InChI=1S/C25H34FN3O5S/c1-4-34-16-8-15-27-25(31)23(17-20-9-6-5-7-10-20)29(18-21-11-13-22(26)14-12-21)24(30)19-28(2)35(3,32)33/h5-7,9-14,23H,4,8,15-19H2,1-3H3,(H,27,31)/t23-/m0/s1. The number of hydrogen-bond acceptors (Lipinski definition) is 5. The molecule has 192 valence electrons. The molecule has 1 N–H and O–H groups in total. The monoisotopic (exact) mass is 507 g/mol. The molecule has 0 saturated heterocycles. The minimum Gasteiger partial charge on any atom is -0.382 e. The molecule has 10 heteroatoms. The maximum Gasteiger partial charge on any atom is 0.243 e. The Labute approximate surface area is 207 Å². The number of nitrogens with zero attached hydrogens (tertiary/aromatic N) is 2. The van der Waals surface area contributed by atoms with Gasteiger partial charge in [0.1, 0.15) is 11.9 Å². The summed E-state index contributed by atoms with van der Waals surface area (Å²) in [5, 5.41) is 2.87. The Kier molecular flexibility index (Phi) is 11.3. The van der Waals surface area contributed by atoms with Crippen molar-refractivity contribution in [2.45, 2.75) is 32.4 Å². The van der Waals surface area contributed by atoms with Gasteiger partial charge >= 0.3 is 0 Å². The number of ether oxygens (including phenoxy) is 1. The molecule has 2 aromatic carbocycles. The summed E-state index contributed by atoms with van der Waals surface area (Å²) < 4.78 is 43.6. The van der Waals surface area contributed by atoms with Crippen molar-refractivity contribution in [3.8, 4) is 0 Å². The Morgan fingerprint density at radius 2 is 1.71 bits per heavy atom. The van der Waals surface area contributed by atoms with Gasteiger partial charge in [0.05, 0.1) is 12.8 Å². The second-order valence-corrected chi connectivity index (χ2v) is 10.3. The largest absolute Gasteiger partial charge is 0.382 e. The zero-order valence-corrected chi connectivity index (χ0v) is 21.3. The molecule has 0 unspecified atom stereocenters. The molecule has 0 radical (unpaired) electrons. The SMILES string of the molecule is CCOCCCNC(=O)[C@H](Cc1ccccc1)N(Cc1ccc(F)cc1)C(=O)CN(C)S(C)(=O)=O. The fourth-order valence-electron chi connectivity index (χ4n) is 3.39. The van der Waals surface area contributed by atoms with Crippen molar-refractivity contribution in [1.29, 1.82) is 0 Å². The molecular weight excluding hydrogens is 473 g/mol. The summed E-state index contributed by atoms with van der Waals surface area (Å²) in [4.78, 5) is 28.0. The Morgan fingerprint density at radius 1 is 1.06 bits per heavy atom. The van der Waals surface area contributed by atoms with Gasteiger partial charge < -0.3 is 15.0 Å². The molecule has 0 heterocycles. The second-order valence-electron chi connectivity index (χ2n) is 8.21. The highest BCUT2D eigenvalue weighted by molar-refractivity contribution is 7.88. The van der Waals surface area contributed by atoms with E-state index in [2.05, 4.69) is 5.32 Å². The molecule has 2 rings (SSSR count). The number of carbonyl (C=O) groups excluding carboxylic acids is 2. The van der Waals surface area contributed by atoms with Crippen LogP contribution in [0.3, 0.4) is 0 Å². The Hall–Kier alpha value is -2.82. The van der Waals surface area contributed by atoms with Crippen LogP contribution in [0, 0.1) is 5.82 Å². The van der Waals surface area contributed by atoms with Gasteiger partial charge in [-0.2, -0.15) is 4.31 Å². The molecule has 0 aromatic heterocycles. The molecule has 2 amide bonds. The fraction of sp³-hybridized carbons (Fsp3) is 0.440. The third-order valence-electron chi connectivity index (χ3n) is 5.43. The van der Waals surface area contributed by atoms with Crippen LogP contribution < -0.4 is 5.32 Å². The lowest BCUT2D eigenvalue weighted by Crippen LogP contribution is -2.53. The van der Waals surface area contributed by atoms with Crippen molar-refractivity contribution in [2.75, 3.05) is 39.6 Å². The first-order valence-corrected chi connectivity index (χ1v) is 13.3. The predicted octanol–water partition coefficient (Wildman–Crippen LogP) is 2.20. The van der Waals surface area contributed by atoms with E-state index < -0.39 is 34.3 Å². The van der Waals surface area contributed by atoms with Crippen molar-refractivity contribution in [3.05, 3.63) is 71.5 Å². The highest BCUT2D eigenvalue weighted by Gasteiger charge is 2.31. The van der Waals surface area contributed by atoms with Crippen molar-refractivity contribution < 1.29 is 27.1 Å². The molecule has 35 heavy (non-hydrogen) atoms. The van der Waals surface area contributed by atoms with Gasteiger partial charge in [0.2, 0.25) is 21.8 Å². The summed E-state index contributed by atoms with van der Waals surface area (Å²) in [6, 6.07) is 14.0. The van der Waals surface area contributed by atoms with E-state index in [1.807, 2.05) is 37.3 Å². The molecule has 0 bridgehead atoms. The lowest BCUT2D eigenvalue weighted by atomic mass is 10.0. The number of nitrogens with one attached hydrogen (secondary N) is 1. The van der Waals surface area contributed by atoms with E-state index in [1.54, 1.807) is 0 Å². The quantitative estimate of drug-likeness (QED) is 0.396. The maximum absolute atomic E-state index is 13.5. The number of amides is 2. The average Bonchev–Trinajstić information content (AvgIpc) is 2.82. The number of rotatable bonds is 14. The van der Waals surface area contributed by atoms with Gasteiger partial charge in [-0.1, -0.05) is 42.5 Å². The van der Waals surface area contributed by atoms with E-state index in [1.165, 1.54) is 36.2 Å². The molecule has 0 saturated carbocycles. The van der Waals surface area contributed by atoms with Gasteiger partial charge in [-0.15, -0.1) is 0 Å². The molecule has 1 atom stereocenters. The van der Waals surface area contributed by atoms with Crippen LogP contribution in [-0.4, -0.2) is 75.1 Å². The first kappa shape index (κ1) is 28.4. The molecule has 0 aliphatic carbocycles. The van der Waals surface area contributed by atoms with Crippen LogP contribution >= 0.6 is 0 Å². The summed E-state index contributed by atoms with van der Waals surface area (Å²) in [6.45, 7) is 2.92. The highest BCUT2D eigenvalue weighted by atomic mass is 32.2. The van der Waals surface area contributed by atoms with Gasteiger partial charge in [0.15, 0.2) is 0 Å². The molecule has 2 aromatic rings. The molecule has 0 aliphatic rings. The summed E-state index contributed by atoms with van der Waals surface area (Å²) >= 11 is 0. The van der Waals surface area contributed by atoms with Crippen molar-refractivity contribution in [2.24, 2.45) is 0 Å². The van der Waals surface area contributed by atoms with Crippen molar-refractivity contribution >= 4 is 21.8 Å². The van der Waals surface area contributed by atoms with Crippen molar-refractivity contribution in [1.82, 2.24) is 14.5 Å². The third kappa shape index (κ3) is 9.75. The number of likely N-dealkylation sites (N-methyl/N-ethyl adjacent to an activating group) is 1. The lowest BCUT2D eigenvalue weighted by Gasteiger charge is -2.32. The summed E-state index contributed by atoms with van der Waals surface area (Å²) in [6.07, 6.45) is 1.85. The Bertz CT molecular complexity index is 1050. The summed E-state index contributed by atoms with van der Waals surface area (Å²) in [5.74, 6) is -1.31. The Balaban J connectivity index is 2.35. The molecule has 0 spiro atoms. The normalized spacial score (nSPS) is 12.4. The molecular formula is C25H34FN3O5S. The van der Waals surface area contributed by atoms with Crippen LogP contribution in [0.4, 0.5) is 4.39 Å². The van der Waals surface area contributed by atoms with Gasteiger partial charge in [-0.25, -0.2) is 12.8 Å². The average molecular weight is 508 g/mol. The van der Waals surface area contributed by atoms with Gasteiger partial charge in [0.25, 0.3) is 0 Å². The van der Waals surface area contributed by atoms with E-state index in [4.69, 9.17) is 4.74 Å². The van der Waals surface area contributed by atoms with Crippen LogP contribution in [0.5, 0.6) is 0 Å². The highest BCUT2D eigenvalue weighted by Crippen LogP contribution is 2.16. The number of hydrogen-bond donors (Lipinski definition) is 1. The predicted molar refractivity (Wildman–Crippen MR) is 132 cm³/mol. The number of halogens is 1. The van der Waals surface area contributed by atoms with E-state index in [0.717, 1.165) is 16.1 Å². The first-order valence-electron chi connectivity index (χ1n) is 11.5. The van der Waals surface area contributed by atoms with E-state index in [9.17, 15) is 22.4 Å². The number of sulfonamides is 1. The summed E-state index contributed by atoms with van der Waals surface area (Å²) in [7, 11) is -2.31. The van der Waals surface area contributed by atoms with Gasteiger partial charge in [-0.05, 0) is 36.6 Å². The zero-order valence-electron chi connectivity index (χ0n) is 20.4. The third-order valence-corrected chi connectivity index (χ3v) is 6.69. The maximum atomic E-state index is 13.5. The zero-order chi connectivity index (χ0) is 25.8. The van der Waals surface area contributed by atoms with Crippen LogP contribution in [0.1, 0.15) is 24.5 Å². The topological polar surface area (TPSA) is 96.0 Å². The van der Waals surface area contributed by atoms with Crippen molar-refractivity contribution in [3.63, 3.8) is 0 Å². The smallest absolute Gasteiger partial charge is 0.243 e. The molecule has 0 aliphatic heterocycles. The van der Waals surface area contributed by atoms with E-state index in [0.29, 0.717) is 31.7 Å². The van der Waals surface area contributed by atoms with Gasteiger partial charge in [0, 0.05) is 39.8 Å². The number of carbonyl (C=O) groups is 2. The second kappa shape index (κ2) is 13.9. The minimum absolute atomic E-state index is 0.0145. The minimum atomic E-state index is -3.62. The first-order chi connectivity index (χ1) is 16.6. The molecule has 0 fully saturated rings. The number of benzene rings is 2. The van der Waals surface area contributed by atoms with Crippen LogP contribution in [0.2, 0.25) is 0 Å². The van der Waals surface area contributed by atoms with Gasteiger partial charge in [-0.3, -0.25) is 9.59 Å².